The molecule has 1 aromatic heterocycles. The van der Waals surface area contributed by atoms with Gasteiger partial charge in [0.1, 0.15) is 30.2 Å². The molecule has 0 saturated carbocycles. The molecule has 1 saturated heterocycles. The number of aliphatic hydroxyl groups excluding tert-OH is 1. The van der Waals surface area contributed by atoms with E-state index in [1.54, 1.807) is 12.5 Å². The van der Waals surface area contributed by atoms with Gasteiger partial charge in [-0.15, -0.1) is 0 Å². The van der Waals surface area contributed by atoms with Crippen LogP contribution in [0.2, 0.25) is 0 Å². The highest BCUT2D eigenvalue weighted by atomic mass is 31.2. The van der Waals surface area contributed by atoms with Crippen molar-refractivity contribution in [2.75, 3.05) is 19.3 Å². The van der Waals surface area contributed by atoms with Gasteiger partial charge in [0.05, 0.1) is 19.1 Å². The number of carbonyl (C=O) groups is 6. The molecular formula is C41H65N8O10P. The van der Waals surface area contributed by atoms with Crippen molar-refractivity contribution in [1.29, 1.82) is 0 Å². The van der Waals surface area contributed by atoms with Crippen LogP contribution in [0.1, 0.15) is 96.7 Å². The first-order valence-corrected chi connectivity index (χ1v) is 22.7. The monoisotopic (exact) mass is 860 g/mol. The van der Waals surface area contributed by atoms with E-state index in [-0.39, 0.29) is 24.7 Å². The van der Waals surface area contributed by atoms with Crippen LogP contribution in [0.15, 0.2) is 42.9 Å². The fourth-order valence-corrected chi connectivity index (χ4v) is 8.42. The lowest BCUT2D eigenvalue weighted by molar-refractivity contribution is -0.138. The van der Waals surface area contributed by atoms with E-state index in [1.165, 1.54) is 24.3 Å². The number of unbranched alkanes of at least 4 members (excludes halogenated alkanes) is 5. The number of amides is 6. The van der Waals surface area contributed by atoms with E-state index in [1.807, 2.05) is 36.6 Å². The van der Waals surface area contributed by atoms with Crippen LogP contribution in [0.4, 0.5) is 0 Å². The van der Waals surface area contributed by atoms with Gasteiger partial charge in [0.2, 0.25) is 35.4 Å². The summed E-state index contributed by atoms with van der Waals surface area (Å²) in [7, 11) is -4.61. The van der Waals surface area contributed by atoms with Crippen molar-refractivity contribution in [3.63, 3.8) is 0 Å². The number of imidazole rings is 1. The molecule has 2 heterocycles. The first-order valence-electron chi connectivity index (χ1n) is 20.9. The van der Waals surface area contributed by atoms with Gasteiger partial charge in [0.25, 0.3) is 0 Å². The zero-order valence-electron chi connectivity index (χ0n) is 35.3. The van der Waals surface area contributed by atoms with Crippen LogP contribution in [-0.2, 0) is 52.7 Å². The first-order chi connectivity index (χ1) is 28.4. The number of aromatic nitrogens is 2. The molecule has 0 spiro atoms. The molecule has 1 aliphatic rings. The largest absolute Gasteiger partial charge is 0.394 e. The van der Waals surface area contributed by atoms with Crippen LogP contribution in [0, 0.1) is 11.8 Å². The molecule has 60 heavy (non-hydrogen) atoms. The summed E-state index contributed by atoms with van der Waals surface area (Å²) in [6.45, 7) is 6.47. The third kappa shape index (κ3) is 16.8. The number of primary amides is 1. The summed E-state index contributed by atoms with van der Waals surface area (Å²) in [4.78, 5) is 104. The molecule has 19 heteroatoms. The van der Waals surface area contributed by atoms with Crippen LogP contribution < -0.4 is 27.0 Å². The van der Waals surface area contributed by atoms with Crippen LogP contribution in [-0.4, -0.2) is 114 Å². The van der Waals surface area contributed by atoms with Gasteiger partial charge < -0.3 is 51.4 Å². The Morgan fingerprint density at radius 3 is 2.10 bits per heavy atom. The molecule has 1 aliphatic heterocycles. The van der Waals surface area contributed by atoms with E-state index >= 15 is 0 Å². The number of benzene rings is 1. The molecule has 5 unspecified atom stereocenters. The fraction of sp³-hybridized carbons (Fsp3) is 0.634. The topological polar surface area (TPSA) is 275 Å². The van der Waals surface area contributed by atoms with Crippen LogP contribution >= 0.6 is 7.60 Å². The van der Waals surface area contributed by atoms with Crippen molar-refractivity contribution in [2.24, 2.45) is 17.6 Å². The first kappa shape index (κ1) is 49.7. The summed E-state index contributed by atoms with van der Waals surface area (Å²) >= 11 is 0. The number of nitrogens with two attached hydrogens (primary N) is 1. The molecule has 0 bridgehead atoms. The Labute approximate surface area is 352 Å². The summed E-state index contributed by atoms with van der Waals surface area (Å²) in [6.07, 6.45) is 10.8. The third-order valence-electron chi connectivity index (χ3n) is 10.6. The molecule has 2 aromatic rings. The Hall–Kier alpha value is -4.64. The fourth-order valence-electron chi connectivity index (χ4n) is 7.45. The minimum Gasteiger partial charge on any atom is -0.394 e. The van der Waals surface area contributed by atoms with E-state index in [0.29, 0.717) is 31.6 Å². The summed E-state index contributed by atoms with van der Waals surface area (Å²) in [5.41, 5.74) is 7.35. The molecule has 6 atom stereocenters. The molecule has 334 valence electrons. The number of likely N-dealkylation sites (tertiary alicyclic amines) is 1. The predicted molar refractivity (Wildman–Crippen MR) is 224 cm³/mol. The molecule has 18 nitrogen and oxygen atoms in total. The number of hydrogen-bond acceptors (Lipinski definition) is 9. The van der Waals surface area contributed by atoms with Crippen molar-refractivity contribution in [3.05, 3.63) is 54.1 Å². The molecule has 9 N–H and O–H groups in total. The maximum absolute atomic E-state index is 14.0. The maximum atomic E-state index is 14.0. The number of hydrogen-bond donors (Lipinski definition) is 8. The summed E-state index contributed by atoms with van der Waals surface area (Å²) in [5.74, 6) is -5.64. The van der Waals surface area contributed by atoms with Crippen molar-refractivity contribution < 1.29 is 48.2 Å². The lowest BCUT2D eigenvalue weighted by Crippen LogP contribution is -2.60. The number of nitrogens with one attached hydrogen (secondary N) is 4. The molecular weight excluding hydrogens is 795 g/mol. The highest BCUT2D eigenvalue weighted by molar-refractivity contribution is 7.51. The number of aryl methyl sites for hydroxylation is 2. The number of aliphatic hydroxyl groups is 1. The molecule has 1 fully saturated rings. The Bertz CT molecular complexity index is 1770. The smallest absolute Gasteiger partial charge is 0.325 e. The zero-order valence-corrected chi connectivity index (χ0v) is 36.1. The van der Waals surface area contributed by atoms with E-state index in [4.69, 9.17) is 5.73 Å². The van der Waals surface area contributed by atoms with Crippen LogP contribution in [0.3, 0.4) is 0 Å². The van der Waals surface area contributed by atoms with Gasteiger partial charge in [-0.2, -0.15) is 0 Å². The standard InChI is InChI=1S/C41H65N8O10P/c1-27(2)21-32(45-41(56)35-18-14-20-49(35)29(4)51)38(53)44-33(39(54)46-34(24-50)40(55)47-36(37(42)52)28(3)25-60(57,58)59)22-31-23-43-26-48(31)19-13-8-6-5-7-10-15-30-16-11-9-12-17-30/h9,11-12,16-17,23,26-28,32-36,50H,5-8,10,13-15,18-22,24-25H2,1-4H3,(H2,42,52)(H,44,53)(H,45,56)(H,46,54)(H,47,55)(H2,57,58,59)/t28?,32?,33?,34?,35-,36?/m0/s1. The Balaban J connectivity index is 1.76. The summed E-state index contributed by atoms with van der Waals surface area (Å²) < 4.78 is 13.5. The number of rotatable bonds is 26. The lowest BCUT2D eigenvalue weighted by atomic mass is 10.0. The second-order valence-electron chi connectivity index (χ2n) is 16.2. The van der Waals surface area contributed by atoms with Crippen molar-refractivity contribution in [3.8, 4) is 0 Å². The van der Waals surface area contributed by atoms with Crippen LogP contribution in [0.25, 0.3) is 0 Å². The van der Waals surface area contributed by atoms with E-state index < -0.39 is 86.0 Å². The van der Waals surface area contributed by atoms with Gasteiger partial charge in [0.15, 0.2) is 0 Å². The van der Waals surface area contributed by atoms with Gasteiger partial charge >= 0.3 is 7.60 Å². The quantitative estimate of drug-likeness (QED) is 0.0493. The van der Waals surface area contributed by atoms with E-state index in [9.17, 15) is 48.2 Å². The van der Waals surface area contributed by atoms with Crippen LogP contribution in [0.5, 0.6) is 0 Å². The second kappa shape index (κ2) is 24.6. The minimum absolute atomic E-state index is 0.0697. The Kier molecular flexibility index (Phi) is 20.4. The number of carbonyl (C=O) groups excluding carboxylic acids is 6. The minimum atomic E-state index is -4.61. The number of nitrogens with zero attached hydrogens (tertiary/aromatic N) is 3. The SMILES string of the molecule is CC(=O)N1CCC[C@H]1C(=O)NC(CC(C)C)C(=O)NC(Cc1cncn1CCCCCCCCc1ccccc1)C(=O)NC(CO)C(=O)NC(C(N)=O)C(C)CP(=O)(O)O. The third-order valence-corrected chi connectivity index (χ3v) is 11.7. The highest BCUT2D eigenvalue weighted by Gasteiger charge is 2.37. The van der Waals surface area contributed by atoms with Crippen molar-refractivity contribution in [1.82, 2.24) is 35.7 Å². The zero-order chi connectivity index (χ0) is 44.4. The van der Waals surface area contributed by atoms with Gasteiger partial charge in [0, 0.05) is 38.3 Å². The van der Waals surface area contributed by atoms with E-state index in [2.05, 4.69) is 38.4 Å². The second-order valence-corrected chi connectivity index (χ2v) is 17.9. The van der Waals surface area contributed by atoms with Crippen molar-refractivity contribution >= 4 is 43.0 Å². The van der Waals surface area contributed by atoms with Crippen molar-refractivity contribution in [2.45, 2.75) is 135 Å². The average molecular weight is 861 g/mol. The Morgan fingerprint density at radius 2 is 1.48 bits per heavy atom. The molecule has 0 radical (unpaired) electrons. The van der Waals surface area contributed by atoms with Gasteiger partial charge in [-0.1, -0.05) is 76.8 Å². The lowest BCUT2D eigenvalue weighted by Gasteiger charge is -2.28. The molecule has 0 aliphatic carbocycles. The van der Waals surface area contributed by atoms with Gasteiger partial charge in [-0.05, 0) is 55.9 Å². The summed E-state index contributed by atoms with van der Waals surface area (Å²) in [6, 6.07) is 3.97. The summed E-state index contributed by atoms with van der Waals surface area (Å²) in [5, 5.41) is 20.4. The van der Waals surface area contributed by atoms with Gasteiger partial charge in [-0.3, -0.25) is 33.3 Å². The van der Waals surface area contributed by atoms with E-state index in [0.717, 1.165) is 44.9 Å². The van der Waals surface area contributed by atoms with Gasteiger partial charge in [-0.25, -0.2) is 4.98 Å². The normalized spacial score (nSPS) is 16.7. The Morgan fingerprint density at radius 1 is 0.867 bits per heavy atom. The highest BCUT2D eigenvalue weighted by Crippen LogP contribution is 2.37. The molecule has 3 rings (SSSR count). The molecule has 6 amide bonds. The predicted octanol–water partition coefficient (Wildman–Crippen LogP) is 1.30. The maximum Gasteiger partial charge on any atom is 0.325 e. The average Bonchev–Trinajstić information content (AvgIpc) is 3.86. The molecule has 1 aromatic carbocycles.